The lowest BCUT2D eigenvalue weighted by Crippen LogP contribution is -2.30. The molecular weight excluding hydrogens is 377 g/mol. The Bertz CT molecular complexity index is 778. The highest BCUT2D eigenvalue weighted by Crippen LogP contribution is 2.28. The number of carbonyl (C=O) groups excluding carboxylic acids is 2. The molecule has 0 radical (unpaired) electrons. The summed E-state index contributed by atoms with van der Waals surface area (Å²) in [6.07, 6.45) is -0.0158. The molecule has 0 aromatic heterocycles. The number of halogens is 2. The van der Waals surface area contributed by atoms with Crippen LogP contribution in [-0.2, 0) is 9.53 Å². The normalized spacial score (nSPS) is 11.5. The number of amides is 1. The van der Waals surface area contributed by atoms with Gasteiger partial charge in [-0.3, -0.25) is 4.79 Å². The summed E-state index contributed by atoms with van der Waals surface area (Å²) in [4.78, 5) is 24.0. The molecule has 1 amide bonds. The summed E-state index contributed by atoms with van der Waals surface area (Å²) in [6, 6.07) is 11.2. The first-order valence-electron chi connectivity index (χ1n) is 8.10. The summed E-state index contributed by atoms with van der Waals surface area (Å²) in [6.45, 7) is 3.91. The van der Waals surface area contributed by atoms with Gasteiger partial charge in [-0.25, -0.2) is 4.79 Å². The Morgan fingerprint density at radius 3 is 2.42 bits per heavy atom. The van der Waals surface area contributed by atoms with Gasteiger partial charge in [-0.2, -0.15) is 0 Å². The highest BCUT2D eigenvalue weighted by molar-refractivity contribution is 6.35. The molecule has 1 N–H and O–H groups in total. The molecule has 138 valence electrons. The standard InChI is InChI=1S/C19H19Cl2NO4/c1-3-10-25-19(24)13-4-7-15(8-5-13)22-18(23)12(2)26-17-9-6-14(20)11-16(17)21/h4-9,11-12H,3,10H2,1-2H3,(H,22,23)/t12-/m1/s1. The van der Waals surface area contributed by atoms with E-state index < -0.39 is 6.10 Å². The fourth-order valence-corrected chi connectivity index (χ4v) is 2.48. The molecule has 0 bridgehead atoms. The van der Waals surface area contributed by atoms with Gasteiger partial charge in [0.1, 0.15) is 5.75 Å². The van der Waals surface area contributed by atoms with Crippen LogP contribution in [0.1, 0.15) is 30.6 Å². The zero-order valence-electron chi connectivity index (χ0n) is 14.4. The molecule has 0 saturated heterocycles. The first-order chi connectivity index (χ1) is 12.4. The average Bonchev–Trinajstić information content (AvgIpc) is 2.62. The van der Waals surface area contributed by atoms with Crippen LogP contribution in [0.15, 0.2) is 42.5 Å². The number of anilines is 1. The fourth-order valence-electron chi connectivity index (χ4n) is 2.03. The lowest BCUT2D eigenvalue weighted by molar-refractivity contribution is -0.122. The van der Waals surface area contributed by atoms with Crippen LogP contribution in [0, 0.1) is 0 Å². The van der Waals surface area contributed by atoms with E-state index in [4.69, 9.17) is 32.7 Å². The highest BCUT2D eigenvalue weighted by atomic mass is 35.5. The van der Waals surface area contributed by atoms with E-state index >= 15 is 0 Å². The molecule has 2 aromatic rings. The third-order valence-corrected chi connectivity index (χ3v) is 3.92. The van der Waals surface area contributed by atoms with E-state index in [2.05, 4.69) is 5.32 Å². The van der Waals surface area contributed by atoms with E-state index in [1.54, 1.807) is 49.4 Å². The largest absolute Gasteiger partial charge is 0.479 e. The van der Waals surface area contributed by atoms with E-state index in [0.29, 0.717) is 33.7 Å². The second-order valence-electron chi connectivity index (χ2n) is 5.54. The van der Waals surface area contributed by atoms with E-state index in [-0.39, 0.29) is 11.9 Å². The minimum atomic E-state index is -0.775. The molecule has 0 unspecified atom stereocenters. The molecule has 0 saturated carbocycles. The molecule has 0 fully saturated rings. The van der Waals surface area contributed by atoms with Crippen molar-refractivity contribution in [1.29, 1.82) is 0 Å². The minimum absolute atomic E-state index is 0.326. The van der Waals surface area contributed by atoms with Crippen LogP contribution in [0.4, 0.5) is 5.69 Å². The summed E-state index contributed by atoms with van der Waals surface area (Å²) in [7, 11) is 0. The van der Waals surface area contributed by atoms with Gasteiger partial charge in [0.25, 0.3) is 5.91 Å². The van der Waals surface area contributed by atoms with Crippen LogP contribution in [0.5, 0.6) is 5.75 Å². The zero-order chi connectivity index (χ0) is 19.1. The fraction of sp³-hybridized carbons (Fsp3) is 0.263. The van der Waals surface area contributed by atoms with Gasteiger partial charge in [0.2, 0.25) is 0 Å². The van der Waals surface area contributed by atoms with E-state index in [0.717, 1.165) is 6.42 Å². The molecule has 0 aliphatic heterocycles. The SMILES string of the molecule is CCCOC(=O)c1ccc(NC(=O)[C@@H](C)Oc2ccc(Cl)cc2Cl)cc1. The van der Waals surface area contributed by atoms with Crippen molar-refractivity contribution in [3.05, 3.63) is 58.1 Å². The smallest absolute Gasteiger partial charge is 0.338 e. The van der Waals surface area contributed by atoms with Gasteiger partial charge < -0.3 is 14.8 Å². The van der Waals surface area contributed by atoms with Crippen molar-refractivity contribution < 1.29 is 19.1 Å². The summed E-state index contributed by atoms with van der Waals surface area (Å²) in [5, 5.41) is 3.53. The molecule has 2 aromatic carbocycles. The van der Waals surface area contributed by atoms with Crippen molar-refractivity contribution in [2.75, 3.05) is 11.9 Å². The van der Waals surface area contributed by atoms with Crippen LogP contribution >= 0.6 is 23.2 Å². The number of benzene rings is 2. The second-order valence-corrected chi connectivity index (χ2v) is 6.38. The second kappa shape index (κ2) is 9.46. The quantitative estimate of drug-likeness (QED) is 0.672. The number of hydrogen-bond acceptors (Lipinski definition) is 4. The molecular formula is C19H19Cl2NO4. The zero-order valence-corrected chi connectivity index (χ0v) is 15.9. The van der Waals surface area contributed by atoms with Crippen molar-refractivity contribution >= 4 is 40.8 Å². The Balaban J connectivity index is 1.95. The predicted octanol–water partition coefficient (Wildman–Crippen LogP) is 4.97. The lowest BCUT2D eigenvalue weighted by atomic mass is 10.2. The number of rotatable bonds is 7. The predicted molar refractivity (Wildman–Crippen MR) is 102 cm³/mol. The molecule has 0 heterocycles. The van der Waals surface area contributed by atoms with Gasteiger partial charge in [0.15, 0.2) is 6.10 Å². The molecule has 7 heteroatoms. The van der Waals surface area contributed by atoms with Crippen molar-refractivity contribution in [1.82, 2.24) is 0 Å². The van der Waals surface area contributed by atoms with Crippen molar-refractivity contribution in [3.8, 4) is 5.75 Å². The number of ether oxygens (including phenoxy) is 2. The summed E-state index contributed by atoms with van der Waals surface area (Å²) in [5.74, 6) is -0.371. The summed E-state index contributed by atoms with van der Waals surface area (Å²) >= 11 is 11.9. The maximum atomic E-state index is 12.3. The van der Waals surface area contributed by atoms with E-state index in [1.807, 2.05) is 6.92 Å². The number of nitrogens with one attached hydrogen (secondary N) is 1. The molecule has 26 heavy (non-hydrogen) atoms. The lowest BCUT2D eigenvalue weighted by Gasteiger charge is -2.16. The van der Waals surface area contributed by atoms with Crippen molar-refractivity contribution in [2.45, 2.75) is 26.4 Å². The Morgan fingerprint density at radius 2 is 1.81 bits per heavy atom. The van der Waals surface area contributed by atoms with Crippen LogP contribution < -0.4 is 10.1 Å². The van der Waals surface area contributed by atoms with Crippen LogP contribution in [0.2, 0.25) is 10.0 Å². The van der Waals surface area contributed by atoms with Crippen LogP contribution in [0.3, 0.4) is 0 Å². The van der Waals surface area contributed by atoms with E-state index in [9.17, 15) is 9.59 Å². The average molecular weight is 396 g/mol. The van der Waals surface area contributed by atoms with Gasteiger partial charge in [-0.1, -0.05) is 30.1 Å². The van der Waals surface area contributed by atoms with Gasteiger partial charge in [0.05, 0.1) is 17.2 Å². The van der Waals surface area contributed by atoms with Gasteiger partial charge >= 0.3 is 5.97 Å². The molecule has 5 nitrogen and oxygen atoms in total. The van der Waals surface area contributed by atoms with E-state index in [1.165, 1.54) is 0 Å². The number of esters is 1. The topological polar surface area (TPSA) is 64.6 Å². The monoisotopic (exact) mass is 395 g/mol. The van der Waals surface area contributed by atoms with Crippen molar-refractivity contribution in [3.63, 3.8) is 0 Å². The summed E-state index contributed by atoms with van der Waals surface area (Å²) in [5.41, 5.74) is 0.966. The Morgan fingerprint density at radius 1 is 1.12 bits per heavy atom. The maximum Gasteiger partial charge on any atom is 0.338 e. The summed E-state index contributed by atoms with van der Waals surface area (Å²) < 4.78 is 10.6. The molecule has 0 aliphatic carbocycles. The Labute approximate surface area is 162 Å². The Hall–Kier alpha value is -2.24. The van der Waals surface area contributed by atoms with Crippen molar-refractivity contribution in [2.24, 2.45) is 0 Å². The Kier molecular flexibility index (Phi) is 7.30. The van der Waals surface area contributed by atoms with Gasteiger partial charge in [-0.05, 0) is 55.8 Å². The highest BCUT2D eigenvalue weighted by Gasteiger charge is 2.17. The van der Waals surface area contributed by atoms with Gasteiger partial charge in [-0.15, -0.1) is 0 Å². The molecule has 0 spiro atoms. The molecule has 1 atom stereocenters. The maximum absolute atomic E-state index is 12.3. The number of hydrogen-bond donors (Lipinski definition) is 1. The van der Waals surface area contributed by atoms with Gasteiger partial charge in [0, 0.05) is 10.7 Å². The third-order valence-electron chi connectivity index (χ3n) is 3.39. The van der Waals surface area contributed by atoms with Crippen LogP contribution in [-0.4, -0.2) is 24.6 Å². The first kappa shape index (κ1) is 20.1. The first-order valence-corrected chi connectivity index (χ1v) is 8.86. The molecule has 2 rings (SSSR count). The number of carbonyl (C=O) groups is 2. The molecule has 0 aliphatic rings. The minimum Gasteiger partial charge on any atom is -0.479 e. The van der Waals surface area contributed by atoms with Crippen LogP contribution in [0.25, 0.3) is 0 Å². The third kappa shape index (κ3) is 5.64.